The van der Waals surface area contributed by atoms with Gasteiger partial charge in [-0.2, -0.15) is 5.10 Å². The Labute approximate surface area is 164 Å². The van der Waals surface area contributed by atoms with E-state index in [1.54, 1.807) is 4.68 Å². The van der Waals surface area contributed by atoms with Crippen molar-refractivity contribution in [3.05, 3.63) is 42.9 Å². The summed E-state index contributed by atoms with van der Waals surface area (Å²) in [6.45, 7) is 5.18. The maximum atomic E-state index is 12.6. The van der Waals surface area contributed by atoms with Crippen LogP contribution in [-0.2, 0) is 11.8 Å². The molecule has 2 fully saturated rings. The van der Waals surface area contributed by atoms with Crippen molar-refractivity contribution < 1.29 is 4.79 Å². The summed E-state index contributed by atoms with van der Waals surface area (Å²) in [6, 6.07) is 8.20. The number of hydrogen-bond donors (Lipinski definition) is 1. The van der Waals surface area contributed by atoms with E-state index in [4.69, 9.17) is 0 Å². The third-order valence-corrected chi connectivity index (χ3v) is 6.05. The van der Waals surface area contributed by atoms with E-state index in [0.717, 1.165) is 41.5 Å². The fourth-order valence-corrected chi connectivity index (χ4v) is 3.96. The average Bonchev–Trinajstić information content (AvgIpc) is 3.21. The second kappa shape index (κ2) is 6.41. The van der Waals surface area contributed by atoms with Gasteiger partial charge in [0.1, 0.15) is 5.82 Å². The first kappa shape index (κ1) is 17.4. The molecule has 3 heterocycles. The summed E-state index contributed by atoms with van der Waals surface area (Å²) in [4.78, 5) is 19.4. The van der Waals surface area contributed by atoms with Crippen LogP contribution in [0.25, 0.3) is 21.9 Å². The Morgan fingerprint density at radius 3 is 2.71 bits per heavy atom. The third-order valence-electron chi connectivity index (χ3n) is 6.05. The number of likely N-dealkylation sites (tertiary alicyclic amines) is 1. The minimum absolute atomic E-state index is 0.0709. The molecule has 1 amide bonds. The van der Waals surface area contributed by atoms with Crippen LogP contribution in [0.2, 0.25) is 0 Å². The quantitative estimate of drug-likeness (QED) is 0.743. The Hall–Kier alpha value is -2.73. The van der Waals surface area contributed by atoms with Crippen LogP contribution in [0.5, 0.6) is 0 Å². The molecule has 6 nitrogen and oxygen atoms in total. The molecule has 1 aromatic carbocycles. The van der Waals surface area contributed by atoms with Crippen molar-refractivity contribution in [1.82, 2.24) is 19.7 Å². The molecular formula is C22H25N5O. The summed E-state index contributed by atoms with van der Waals surface area (Å²) in [7, 11) is 1.91. The molecule has 28 heavy (non-hydrogen) atoms. The Balaban J connectivity index is 1.27. The summed E-state index contributed by atoms with van der Waals surface area (Å²) in [5.41, 5.74) is 2.69. The van der Waals surface area contributed by atoms with Crippen molar-refractivity contribution in [1.29, 1.82) is 0 Å². The average molecular weight is 375 g/mol. The maximum Gasteiger partial charge on any atom is 0.231 e. The molecule has 2 aromatic heterocycles. The van der Waals surface area contributed by atoms with E-state index in [-0.39, 0.29) is 11.8 Å². The zero-order valence-electron chi connectivity index (χ0n) is 16.4. The van der Waals surface area contributed by atoms with Gasteiger partial charge in [0.25, 0.3) is 0 Å². The van der Waals surface area contributed by atoms with Crippen LogP contribution in [-0.4, -0.2) is 45.2 Å². The molecule has 0 bridgehead atoms. The molecule has 1 saturated carbocycles. The van der Waals surface area contributed by atoms with Crippen molar-refractivity contribution in [3.63, 3.8) is 0 Å². The highest BCUT2D eigenvalue weighted by molar-refractivity contribution is 5.95. The van der Waals surface area contributed by atoms with Gasteiger partial charge in [0.2, 0.25) is 5.91 Å². The smallest absolute Gasteiger partial charge is 0.231 e. The monoisotopic (exact) mass is 375 g/mol. The number of nitrogens with one attached hydrogen (secondary N) is 1. The normalized spacial score (nSPS) is 18.8. The maximum absolute atomic E-state index is 12.6. The van der Waals surface area contributed by atoms with Gasteiger partial charge in [-0.3, -0.25) is 9.48 Å². The molecular weight excluding hydrogens is 350 g/mol. The van der Waals surface area contributed by atoms with Crippen LogP contribution in [0.4, 0.5) is 5.82 Å². The van der Waals surface area contributed by atoms with Crippen LogP contribution in [0.1, 0.15) is 19.8 Å². The van der Waals surface area contributed by atoms with Crippen LogP contribution < -0.4 is 5.32 Å². The summed E-state index contributed by atoms with van der Waals surface area (Å²) < 4.78 is 1.79. The molecule has 6 heteroatoms. The minimum atomic E-state index is 0.0709. The largest absolute Gasteiger partial charge is 0.310 e. The van der Waals surface area contributed by atoms with Crippen LogP contribution in [0.3, 0.4) is 0 Å². The Kier molecular flexibility index (Phi) is 3.98. The summed E-state index contributed by atoms with van der Waals surface area (Å²) in [6.07, 6.45) is 8.31. The molecule has 5 rings (SSSR count). The highest BCUT2D eigenvalue weighted by atomic mass is 16.2. The Bertz CT molecular complexity index is 1050. The predicted molar refractivity (Wildman–Crippen MR) is 110 cm³/mol. The number of nitrogens with zero attached hydrogens (tertiary/aromatic N) is 4. The van der Waals surface area contributed by atoms with E-state index in [9.17, 15) is 4.79 Å². The highest BCUT2D eigenvalue weighted by Crippen LogP contribution is 2.46. The van der Waals surface area contributed by atoms with Gasteiger partial charge in [-0.15, -0.1) is 0 Å². The van der Waals surface area contributed by atoms with Crippen LogP contribution >= 0.6 is 0 Å². The van der Waals surface area contributed by atoms with Crippen LogP contribution in [0, 0.1) is 11.3 Å². The van der Waals surface area contributed by atoms with Gasteiger partial charge in [0.15, 0.2) is 0 Å². The second-order valence-electron chi connectivity index (χ2n) is 8.73. The number of hydrogen-bond acceptors (Lipinski definition) is 4. The van der Waals surface area contributed by atoms with Crippen molar-refractivity contribution >= 4 is 22.5 Å². The Morgan fingerprint density at radius 1 is 1.18 bits per heavy atom. The number of amides is 1. The van der Waals surface area contributed by atoms with Crippen molar-refractivity contribution in [2.24, 2.45) is 18.4 Å². The van der Waals surface area contributed by atoms with Crippen molar-refractivity contribution in [3.8, 4) is 11.1 Å². The summed E-state index contributed by atoms with van der Waals surface area (Å²) in [5, 5.41) is 9.36. The number of pyridine rings is 1. The standard InChI is InChI=1S/C22H25N5O/c1-22(5-6-22)14-27-12-19(13-27)21(28)25-20-8-17-7-15(3-4-16(17)9-23-20)18-10-24-26(2)11-18/h3-4,7-11,19H,5-6,12-14H2,1-2H3,(H,23,25,28). The fourth-order valence-electron chi connectivity index (χ4n) is 3.96. The van der Waals surface area contributed by atoms with E-state index >= 15 is 0 Å². The second-order valence-corrected chi connectivity index (χ2v) is 8.73. The third kappa shape index (κ3) is 3.40. The lowest BCUT2D eigenvalue weighted by Gasteiger charge is -2.39. The lowest BCUT2D eigenvalue weighted by atomic mass is 9.96. The van der Waals surface area contributed by atoms with Gasteiger partial charge in [-0.1, -0.05) is 19.1 Å². The number of rotatable bonds is 5. The molecule has 1 aliphatic carbocycles. The number of fused-ring (bicyclic) bond motifs is 1. The van der Waals surface area contributed by atoms with Gasteiger partial charge in [0.05, 0.1) is 12.1 Å². The Morgan fingerprint density at radius 2 is 2.00 bits per heavy atom. The number of anilines is 1. The van der Waals surface area contributed by atoms with Gasteiger partial charge in [-0.05, 0) is 41.3 Å². The van der Waals surface area contributed by atoms with Crippen LogP contribution in [0.15, 0.2) is 42.9 Å². The highest BCUT2D eigenvalue weighted by Gasteiger charge is 2.43. The molecule has 0 unspecified atom stereocenters. The first-order valence-corrected chi connectivity index (χ1v) is 9.90. The summed E-state index contributed by atoms with van der Waals surface area (Å²) >= 11 is 0. The zero-order valence-corrected chi connectivity index (χ0v) is 16.4. The van der Waals surface area contributed by atoms with Gasteiger partial charge >= 0.3 is 0 Å². The molecule has 0 spiro atoms. The molecule has 1 N–H and O–H groups in total. The fraction of sp³-hybridized carbons (Fsp3) is 0.409. The lowest BCUT2D eigenvalue weighted by Crippen LogP contribution is -2.53. The number of aryl methyl sites for hydroxylation is 1. The summed E-state index contributed by atoms with van der Waals surface area (Å²) in [5.74, 6) is 0.766. The van der Waals surface area contributed by atoms with E-state index in [2.05, 4.69) is 45.4 Å². The lowest BCUT2D eigenvalue weighted by molar-refractivity contribution is -0.125. The molecule has 2 aliphatic rings. The molecule has 1 aliphatic heterocycles. The van der Waals surface area contributed by atoms with E-state index < -0.39 is 0 Å². The van der Waals surface area contributed by atoms with Gasteiger partial charge in [-0.25, -0.2) is 4.98 Å². The molecule has 144 valence electrons. The number of carbonyl (C=O) groups excluding carboxylic acids is 1. The minimum Gasteiger partial charge on any atom is -0.310 e. The van der Waals surface area contributed by atoms with Gasteiger partial charge < -0.3 is 10.2 Å². The number of benzene rings is 1. The van der Waals surface area contributed by atoms with E-state index in [1.807, 2.05) is 31.7 Å². The zero-order chi connectivity index (χ0) is 19.3. The molecule has 1 saturated heterocycles. The van der Waals surface area contributed by atoms with Gasteiger partial charge in [0, 0.05) is 50.0 Å². The van der Waals surface area contributed by atoms with E-state index in [1.165, 1.54) is 12.8 Å². The molecule has 0 atom stereocenters. The topological polar surface area (TPSA) is 63.1 Å². The molecule has 3 aromatic rings. The molecule has 0 radical (unpaired) electrons. The van der Waals surface area contributed by atoms with Crippen molar-refractivity contribution in [2.75, 3.05) is 25.0 Å². The predicted octanol–water partition coefficient (Wildman–Crippen LogP) is 3.31. The SMILES string of the molecule is Cn1cc(-c2ccc3cnc(NC(=O)C4CN(CC5(C)CC5)C4)cc3c2)cn1. The number of aromatic nitrogens is 3. The van der Waals surface area contributed by atoms with E-state index in [0.29, 0.717) is 11.2 Å². The first-order chi connectivity index (χ1) is 13.5. The number of carbonyl (C=O) groups is 1. The first-order valence-electron chi connectivity index (χ1n) is 9.90. The van der Waals surface area contributed by atoms with Crippen molar-refractivity contribution in [2.45, 2.75) is 19.8 Å².